The lowest BCUT2D eigenvalue weighted by Gasteiger charge is -2.25. The van der Waals surface area contributed by atoms with Crippen molar-refractivity contribution in [3.05, 3.63) is 60.2 Å². The number of anilines is 1. The van der Waals surface area contributed by atoms with Gasteiger partial charge in [0, 0.05) is 18.7 Å². The Bertz CT molecular complexity index is 1170. The van der Waals surface area contributed by atoms with E-state index in [9.17, 15) is 36.3 Å². The molecule has 1 aliphatic heterocycles. The van der Waals surface area contributed by atoms with Gasteiger partial charge in [-0.05, 0) is 42.7 Å². The van der Waals surface area contributed by atoms with Gasteiger partial charge in [-0.15, -0.1) is 0 Å². The summed E-state index contributed by atoms with van der Waals surface area (Å²) >= 11 is 0. The zero-order valence-corrected chi connectivity index (χ0v) is 19.5. The van der Waals surface area contributed by atoms with Gasteiger partial charge in [-0.2, -0.15) is 17.5 Å². The molecule has 5 N–H and O–H groups in total. The van der Waals surface area contributed by atoms with Gasteiger partial charge in [0.15, 0.2) is 0 Å². The average molecular weight is 532 g/mol. The van der Waals surface area contributed by atoms with Crippen LogP contribution in [0.5, 0.6) is 0 Å². The molecule has 3 rings (SSSR count). The van der Waals surface area contributed by atoms with E-state index in [4.69, 9.17) is 15.6 Å². The summed E-state index contributed by atoms with van der Waals surface area (Å²) in [5.41, 5.74) is 6.89. The average Bonchev–Trinajstić information content (AvgIpc) is 3.31. The maximum atomic E-state index is 12.9. The number of rotatable bonds is 7. The molecule has 1 amide bonds. The first-order valence-corrected chi connectivity index (χ1v) is 11.9. The second kappa shape index (κ2) is 11.9. The van der Waals surface area contributed by atoms with Crippen LogP contribution in [0.15, 0.2) is 59.5 Å². The lowest BCUT2D eigenvalue weighted by atomic mass is 10.0. The number of carbonyl (C=O) groups excluding carboxylic acids is 1. The minimum Gasteiger partial charge on any atom is -0.480 e. The quantitative estimate of drug-likeness (QED) is 0.393. The third-order valence-corrected chi connectivity index (χ3v) is 7.06. The van der Waals surface area contributed by atoms with Crippen LogP contribution in [-0.2, 0) is 30.8 Å². The fraction of sp³-hybridized carbons (Fsp3) is 0.318. The molecule has 0 bridgehead atoms. The van der Waals surface area contributed by atoms with Crippen molar-refractivity contribution in [1.29, 1.82) is 0 Å². The third kappa shape index (κ3) is 7.68. The predicted molar refractivity (Wildman–Crippen MR) is 121 cm³/mol. The highest BCUT2D eigenvalue weighted by molar-refractivity contribution is 7.89. The number of carboxylic acid groups (broad SMARTS) is 2. The van der Waals surface area contributed by atoms with Crippen molar-refractivity contribution < 1.29 is 46.2 Å². The Morgan fingerprint density at radius 3 is 2.11 bits per heavy atom. The molecule has 0 aromatic heterocycles. The van der Waals surface area contributed by atoms with Gasteiger partial charge in [-0.25, -0.2) is 18.0 Å². The lowest BCUT2D eigenvalue weighted by molar-refractivity contribution is -0.192. The maximum Gasteiger partial charge on any atom is 0.490 e. The fourth-order valence-corrected chi connectivity index (χ4v) is 5.05. The number of amides is 1. The lowest BCUT2D eigenvalue weighted by Crippen LogP contribution is -2.51. The van der Waals surface area contributed by atoms with Gasteiger partial charge < -0.3 is 21.3 Å². The van der Waals surface area contributed by atoms with Gasteiger partial charge in [0.1, 0.15) is 12.1 Å². The zero-order valence-electron chi connectivity index (χ0n) is 18.7. The molecule has 10 nitrogen and oxygen atoms in total. The molecule has 0 radical (unpaired) electrons. The van der Waals surface area contributed by atoms with E-state index in [1.54, 1.807) is 42.5 Å². The summed E-state index contributed by atoms with van der Waals surface area (Å²) in [6, 6.07) is 12.5. The highest BCUT2D eigenvalue weighted by Crippen LogP contribution is 2.26. The predicted octanol–water partition coefficient (Wildman–Crippen LogP) is 1.87. The molecule has 1 saturated heterocycles. The number of nitrogens with one attached hydrogen (secondary N) is 1. The highest BCUT2D eigenvalue weighted by atomic mass is 32.2. The van der Waals surface area contributed by atoms with Crippen LogP contribution >= 0.6 is 0 Å². The SMILES string of the molecule is Nc1ccc(C[C@H](NC(=O)[C@@H]2CCCN2S(=O)(=O)c2ccccc2)C(=O)O)cc1.O=C(O)C(F)(F)F. The van der Waals surface area contributed by atoms with Crippen LogP contribution in [0.2, 0.25) is 0 Å². The van der Waals surface area contributed by atoms with Crippen molar-refractivity contribution >= 4 is 33.6 Å². The molecule has 1 fully saturated rings. The van der Waals surface area contributed by atoms with Crippen LogP contribution in [0, 0.1) is 0 Å². The van der Waals surface area contributed by atoms with E-state index in [0.717, 1.165) is 4.31 Å². The molecular formula is C22H24F3N3O7S. The molecule has 196 valence electrons. The van der Waals surface area contributed by atoms with Gasteiger partial charge in [0.05, 0.1) is 4.90 Å². The van der Waals surface area contributed by atoms with Gasteiger partial charge in [0.2, 0.25) is 15.9 Å². The summed E-state index contributed by atoms with van der Waals surface area (Å²) < 4.78 is 58.7. The van der Waals surface area contributed by atoms with Crippen molar-refractivity contribution in [2.24, 2.45) is 0 Å². The molecule has 0 unspecified atom stereocenters. The Kier molecular flexibility index (Phi) is 9.42. The Morgan fingerprint density at radius 2 is 1.61 bits per heavy atom. The van der Waals surface area contributed by atoms with Crippen molar-refractivity contribution in [2.45, 2.75) is 42.4 Å². The number of carboxylic acids is 2. The van der Waals surface area contributed by atoms with Crippen molar-refractivity contribution in [2.75, 3.05) is 12.3 Å². The van der Waals surface area contributed by atoms with Crippen LogP contribution in [-0.4, -0.2) is 65.6 Å². The normalized spacial score (nSPS) is 16.9. The third-order valence-electron chi connectivity index (χ3n) is 5.13. The highest BCUT2D eigenvalue weighted by Gasteiger charge is 2.40. The first-order valence-electron chi connectivity index (χ1n) is 10.5. The molecule has 0 spiro atoms. The molecule has 0 aliphatic carbocycles. The standard InChI is InChI=1S/C20H23N3O5S.C2HF3O2/c21-15-10-8-14(9-11-15)13-17(20(25)26)22-19(24)18-7-4-12-23(18)29(27,28)16-5-2-1-3-6-16;3-2(4,5)1(6)7/h1-3,5-6,8-11,17-18H,4,7,12-13,21H2,(H,22,24)(H,25,26);(H,6,7)/t17-,18-;/m0./s1. The fourth-order valence-electron chi connectivity index (χ4n) is 3.38. The molecule has 2 aromatic carbocycles. The van der Waals surface area contributed by atoms with E-state index in [1.165, 1.54) is 12.1 Å². The van der Waals surface area contributed by atoms with Gasteiger partial charge >= 0.3 is 18.1 Å². The molecule has 36 heavy (non-hydrogen) atoms. The van der Waals surface area contributed by atoms with Crippen molar-refractivity contribution in [1.82, 2.24) is 9.62 Å². The summed E-state index contributed by atoms with van der Waals surface area (Å²) in [6.07, 6.45) is -4.15. The molecule has 14 heteroatoms. The van der Waals surface area contributed by atoms with Crippen molar-refractivity contribution in [3.8, 4) is 0 Å². The number of benzene rings is 2. The summed E-state index contributed by atoms with van der Waals surface area (Å²) in [6.45, 7) is 0.213. The van der Waals surface area contributed by atoms with Gasteiger partial charge in [0.25, 0.3) is 0 Å². The molecule has 0 saturated carbocycles. The van der Waals surface area contributed by atoms with E-state index < -0.39 is 46.1 Å². The van der Waals surface area contributed by atoms with E-state index in [0.29, 0.717) is 24.1 Å². The van der Waals surface area contributed by atoms with Gasteiger partial charge in [-0.3, -0.25) is 4.79 Å². The number of alkyl halides is 3. The Labute approximate surface area is 204 Å². The number of aliphatic carboxylic acids is 2. The van der Waals surface area contributed by atoms with Crippen LogP contribution in [0.3, 0.4) is 0 Å². The minimum absolute atomic E-state index is 0.0690. The minimum atomic E-state index is -5.08. The summed E-state index contributed by atoms with van der Waals surface area (Å²) in [4.78, 5) is 33.4. The first-order chi connectivity index (χ1) is 16.7. The van der Waals surface area contributed by atoms with E-state index in [-0.39, 0.29) is 17.9 Å². The van der Waals surface area contributed by atoms with Crippen molar-refractivity contribution in [3.63, 3.8) is 0 Å². The van der Waals surface area contributed by atoms with E-state index in [1.807, 2.05) is 0 Å². The zero-order chi connectivity index (χ0) is 27.1. The summed E-state index contributed by atoms with van der Waals surface area (Å²) in [5.74, 6) is -4.55. The number of halogens is 3. The molecule has 2 atom stereocenters. The first kappa shape index (κ1) is 28.6. The van der Waals surface area contributed by atoms with E-state index in [2.05, 4.69) is 5.32 Å². The molecular weight excluding hydrogens is 507 g/mol. The monoisotopic (exact) mass is 531 g/mol. The van der Waals surface area contributed by atoms with Crippen LogP contribution in [0.1, 0.15) is 18.4 Å². The molecule has 2 aromatic rings. The number of hydrogen-bond donors (Lipinski definition) is 4. The van der Waals surface area contributed by atoms with Crippen LogP contribution in [0.25, 0.3) is 0 Å². The number of carbonyl (C=O) groups is 3. The Hall–Kier alpha value is -3.65. The van der Waals surface area contributed by atoms with E-state index >= 15 is 0 Å². The van der Waals surface area contributed by atoms with Crippen LogP contribution in [0.4, 0.5) is 18.9 Å². The maximum absolute atomic E-state index is 12.9. The summed E-state index contributed by atoms with van der Waals surface area (Å²) in [5, 5.41) is 19.1. The molecule has 1 aliphatic rings. The topological polar surface area (TPSA) is 167 Å². The number of sulfonamides is 1. The summed E-state index contributed by atoms with van der Waals surface area (Å²) in [7, 11) is -3.84. The number of hydrogen-bond acceptors (Lipinski definition) is 6. The second-order valence-corrected chi connectivity index (χ2v) is 9.63. The Balaban J connectivity index is 0.000000572. The number of nitrogens with two attached hydrogens (primary N) is 1. The number of nitrogen functional groups attached to an aromatic ring is 1. The van der Waals surface area contributed by atoms with Crippen LogP contribution < -0.4 is 11.1 Å². The number of nitrogens with zero attached hydrogens (tertiary/aromatic N) is 1. The van der Waals surface area contributed by atoms with Gasteiger partial charge in [-0.1, -0.05) is 30.3 Å². The molecule has 1 heterocycles. The Morgan fingerprint density at radius 1 is 1.06 bits per heavy atom. The largest absolute Gasteiger partial charge is 0.490 e. The smallest absolute Gasteiger partial charge is 0.480 e. The second-order valence-electron chi connectivity index (χ2n) is 7.73.